The molecule has 0 aromatic rings. The predicted octanol–water partition coefficient (Wildman–Crippen LogP) is 5.28. The molecule has 0 aromatic carbocycles. The molecule has 0 N–H and O–H groups in total. The Bertz CT molecular complexity index is 510. The summed E-state index contributed by atoms with van der Waals surface area (Å²) in [5, 5.41) is 0. The molecule has 0 saturated heterocycles. The zero-order chi connectivity index (χ0) is 14.8. The van der Waals surface area contributed by atoms with Crippen LogP contribution in [0.2, 0.25) is 0 Å². The minimum absolute atomic E-state index is 0.0262. The van der Waals surface area contributed by atoms with Crippen LogP contribution in [-0.2, 0) is 4.79 Å². The van der Waals surface area contributed by atoms with Gasteiger partial charge in [-0.05, 0) is 74.5 Å². The third kappa shape index (κ3) is 1.84. The minimum Gasteiger partial charge on any atom is -0.298 e. The molecule has 6 atom stereocenters. The van der Waals surface area contributed by atoms with Crippen molar-refractivity contribution in [2.24, 2.45) is 28.6 Å². The number of halogens is 1. The molecular formula is C19H27BrO. The first-order chi connectivity index (χ1) is 9.97. The largest absolute Gasteiger partial charge is 0.298 e. The zero-order valence-electron chi connectivity index (χ0n) is 13.3. The molecule has 0 amide bonds. The van der Waals surface area contributed by atoms with Gasteiger partial charge in [-0.25, -0.2) is 0 Å². The molecule has 0 aliphatic heterocycles. The molecule has 4 aliphatic carbocycles. The Kier molecular flexibility index (Phi) is 3.24. The van der Waals surface area contributed by atoms with Gasteiger partial charge in [-0.15, -0.1) is 0 Å². The molecule has 0 heterocycles. The van der Waals surface area contributed by atoms with Crippen molar-refractivity contribution in [2.75, 3.05) is 0 Å². The lowest BCUT2D eigenvalue weighted by molar-refractivity contribution is -0.132. The van der Waals surface area contributed by atoms with E-state index in [4.69, 9.17) is 0 Å². The van der Waals surface area contributed by atoms with E-state index in [0.29, 0.717) is 17.1 Å². The average molecular weight is 351 g/mol. The quantitative estimate of drug-likeness (QED) is 0.429. The van der Waals surface area contributed by atoms with Crippen LogP contribution in [0.25, 0.3) is 0 Å². The lowest BCUT2D eigenvalue weighted by Gasteiger charge is -2.57. The van der Waals surface area contributed by atoms with Crippen LogP contribution in [-0.4, -0.2) is 10.6 Å². The van der Waals surface area contributed by atoms with Crippen LogP contribution in [0, 0.1) is 28.6 Å². The maximum absolute atomic E-state index is 12.6. The van der Waals surface area contributed by atoms with Gasteiger partial charge in [-0.1, -0.05) is 41.4 Å². The predicted molar refractivity (Wildman–Crippen MR) is 89.4 cm³/mol. The highest BCUT2D eigenvalue weighted by Crippen LogP contribution is 2.65. The number of hydrogen-bond donors (Lipinski definition) is 0. The van der Waals surface area contributed by atoms with Gasteiger partial charge in [0.15, 0.2) is 5.78 Å². The fourth-order valence-corrected chi connectivity index (χ4v) is 7.43. The van der Waals surface area contributed by atoms with Crippen molar-refractivity contribution in [3.63, 3.8) is 0 Å². The van der Waals surface area contributed by atoms with Crippen LogP contribution in [0.3, 0.4) is 0 Å². The van der Waals surface area contributed by atoms with Crippen LogP contribution in [0.5, 0.6) is 0 Å². The molecule has 21 heavy (non-hydrogen) atoms. The summed E-state index contributed by atoms with van der Waals surface area (Å²) in [6, 6.07) is 0. The van der Waals surface area contributed by atoms with Gasteiger partial charge in [0.2, 0.25) is 0 Å². The van der Waals surface area contributed by atoms with Gasteiger partial charge in [0.05, 0.1) is 4.83 Å². The number of fused-ring (bicyclic) bond motifs is 5. The first-order valence-electron chi connectivity index (χ1n) is 8.85. The van der Waals surface area contributed by atoms with E-state index in [-0.39, 0.29) is 10.2 Å². The topological polar surface area (TPSA) is 17.1 Å². The number of ketones is 1. The lowest BCUT2D eigenvalue weighted by Crippen LogP contribution is -2.50. The van der Waals surface area contributed by atoms with Crippen LogP contribution in [0.4, 0.5) is 0 Å². The lowest BCUT2D eigenvalue weighted by atomic mass is 9.47. The third-order valence-electron chi connectivity index (χ3n) is 7.72. The standard InChI is InChI=1S/C19H27BrO/c1-18-9-4-3-5-12(18)6-7-13-14(18)8-10-19(2)15(13)11-16(20)17(19)21/h5,13-16H,3-4,6-11H2,1-2H3/t13-,14+,15+,16-,18+,19+/m1/s1. The van der Waals surface area contributed by atoms with E-state index in [9.17, 15) is 4.79 Å². The number of alkyl halides is 1. The Morgan fingerprint density at radius 1 is 1.14 bits per heavy atom. The van der Waals surface area contributed by atoms with E-state index in [2.05, 4.69) is 35.9 Å². The van der Waals surface area contributed by atoms with E-state index < -0.39 is 0 Å². The summed E-state index contributed by atoms with van der Waals surface area (Å²) in [6.07, 6.45) is 12.7. The second kappa shape index (κ2) is 4.69. The van der Waals surface area contributed by atoms with E-state index in [0.717, 1.165) is 24.7 Å². The molecule has 4 rings (SSSR count). The van der Waals surface area contributed by atoms with Crippen LogP contribution < -0.4 is 0 Å². The normalized spacial score (nSPS) is 52.7. The molecule has 0 spiro atoms. The number of carbonyl (C=O) groups is 1. The highest BCUT2D eigenvalue weighted by atomic mass is 79.9. The molecule has 3 saturated carbocycles. The van der Waals surface area contributed by atoms with E-state index in [1.807, 2.05) is 0 Å². The molecular weight excluding hydrogens is 324 g/mol. The monoisotopic (exact) mass is 350 g/mol. The summed E-state index contributed by atoms with van der Waals surface area (Å²) in [5.74, 6) is 2.76. The smallest absolute Gasteiger partial charge is 0.152 e. The molecule has 3 fully saturated rings. The first kappa shape index (κ1) is 14.5. The van der Waals surface area contributed by atoms with Crippen molar-refractivity contribution in [3.8, 4) is 0 Å². The van der Waals surface area contributed by atoms with Crippen molar-refractivity contribution in [1.82, 2.24) is 0 Å². The summed E-state index contributed by atoms with van der Waals surface area (Å²) >= 11 is 3.67. The Morgan fingerprint density at radius 3 is 2.76 bits per heavy atom. The maximum Gasteiger partial charge on any atom is 0.152 e. The fraction of sp³-hybridized carbons (Fsp3) is 0.842. The molecule has 1 nitrogen and oxygen atoms in total. The molecule has 2 heteroatoms. The number of hydrogen-bond acceptors (Lipinski definition) is 1. The Labute approximate surface area is 137 Å². The van der Waals surface area contributed by atoms with Crippen molar-refractivity contribution in [3.05, 3.63) is 11.6 Å². The van der Waals surface area contributed by atoms with Gasteiger partial charge >= 0.3 is 0 Å². The van der Waals surface area contributed by atoms with Crippen LogP contribution in [0.15, 0.2) is 11.6 Å². The minimum atomic E-state index is -0.0262. The Hall–Kier alpha value is -0.110. The van der Waals surface area contributed by atoms with Gasteiger partial charge in [-0.2, -0.15) is 0 Å². The second-order valence-electron chi connectivity index (χ2n) is 8.48. The Balaban J connectivity index is 1.70. The highest BCUT2D eigenvalue weighted by molar-refractivity contribution is 9.10. The zero-order valence-corrected chi connectivity index (χ0v) is 14.9. The average Bonchev–Trinajstić information content (AvgIpc) is 2.70. The summed E-state index contributed by atoms with van der Waals surface area (Å²) in [7, 11) is 0. The van der Waals surface area contributed by atoms with Gasteiger partial charge in [-0.3, -0.25) is 4.79 Å². The summed E-state index contributed by atoms with van der Waals surface area (Å²) in [6.45, 7) is 4.81. The van der Waals surface area contributed by atoms with Crippen molar-refractivity contribution < 1.29 is 4.79 Å². The van der Waals surface area contributed by atoms with Gasteiger partial charge in [0.25, 0.3) is 0 Å². The molecule has 116 valence electrons. The Morgan fingerprint density at radius 2 is 1.95 bits per heavy atom. The third-order valence-corrected chi connectivity index (χ3v) is 8.51. The number of Topliss-reactive ketones (excluding diaryl/α,β-unsaturated/α-hetero) is 1. The van der Waals surface area contributed by atoms with Crippen molar-refractivity contribution in [2.45, 2.75) is 70.0 Å². The number of rotatable bonds is 0. The SMILES string of the molecule is C[C@]12CCCC=C1CC[C@@H]1[C@@H]2CC[C@]2(C)C(=O)[C@H](Br)C[C@@H]12. The van der Waals surface area contributed by atoms with Crippen molar-refractivity contribution in [1.29, 1.82) is 0 Å². The van der Waals surface area contributed by atoms with E-state index in [1.165, 1.54) is 38.5 Å². The van der Waals surface area contributed by atoms with E-state index in [1.54, 1.807) is 5.57 Å². The van der Waals surface area contributed by atoms with Gasteiger partial charge in [0.1, 0.15) is 0 Å². The molecule has 0 radical (unpaired) electrons. The van der Waals surface area contributed by atoms with Crippen LogP contribution in [0.1, 0.15) is 65.2 Å². The summed E-state index contributed by atoms with van der Waals surface area (Å²) in [5.41, 5.74) is 2.19. The van der Waals surface area contributed by atoms with Crippen LogP contribution >= 0.6 is 15.9 Å². The first-order valence-corrected chi connectivity index (χ1v) is 9.76. The summed E-state index contributed by atoms with van der Waals surface area (Å²) < 4.78 is 0. The van der Waals surface area contributed by atoms with Crippen molar-refractivity contribution >= 4 is 21.7 Å². The maximum atomic E-state index is 12.6. The summed E-state index contributed by atoms with van der Waals surface area (Å²) in [4.78, 5) is 12.8. The number of carbonyl (C=O) groups excluding carboxylic acids is 1. The molecule has 0 aromatic heterocycles. The fourth-order valence-electron chi connectivity index (χ4n) is 6.50. The van der Waals surface area contributed by atoms with E-state index >= 15 is 0 Å². The van der Waals surface area contributed by atoms with Gasteiger partial charge in [0, 0.05) is 5.41 Å². The van der Waals surface area contributed by atoms with Gasteiger partial charge < -0.3 is 0 Å². The number of allylic oxidation sites excluding steroid dienone is 2. The molecule has 0 unspecified atom stereocenters. The second-order valence-corrected chi connectivity index (χ2v) is 9.58. The molecule has 0 bridgehead atoms. The molecule has 4 aliphatic rings. The highest BCUT2D eigenvalue weighted by Gasteiger charge is 2.60.